The molecule has 0 spiro atoms. The molecular formula is C49H54N6O8. The highest BCUT2D eigenvalue weighted by molar-refractivity contribution is 5.92. The van der Waals surface area contributed by atoms with E-state index in [1.165, 1.54) is 6.33 Å². The number of aliphatic carboxylic acids is 1. The van der Waals surface area contributed by atoms with Crippen LogP contribution in [0.3, 0.4) is 0 Å². The van der Waals surface area contributed by atoms with Crippen LogP contribution in [0.2, 0.25) is 0 Å². The molecule has 4 aromatic carbocycles. The summed E-state index contributed by atoms with van der Waals surface area (Å²) in [6, 6.07) is 31.1. The number of pyridine rings is 1. The first kappa shape index (κ1) is 46.7. The Labute approximate surface area is 366 Å². The summed E-state index contributed by atoms with van der Waals surface area (Å²) < 4.78 is 13.9. The number of amides is 1. The molecule has 6 N–H and O–H groups in total. The molecule has 4 heterocycles. The first-order chi connectivity index (χ1) is 30.4. The second-order valence-corrected chi connectivity index (χ2v) is 14.7. The molecule has 63 heavy (non-hydrogen) atoms. The number of phenolic OH excluding ortho intramolecular Hbond substituents is 2. The molecule has 8 rings (SSSR count). The van der Waals surface area contributed by atoms with Gasteiger partial charge in [0.1, 0.15) is 51.7 Å². The number of rotatable bonds is 12. The molecule has 14 nitrogen and oxygen atoms in total. The highest BCUT2D eigenvalue weighted by atomic mass is 16.5. The number of nitrogens with zero attached hydrogens (tertiary/aromatic N) is 4. The number of aromatic nitrogens is 4. The molecule has 1 aliphatic rings. The summed E-state index contributed by atoms with van der Waals surface area (Å²) in [5.41, 5.74) is 13.1. The van der Waals surface area contributed by atoms with E-state index in [1.807, 2.05) is 100 Å². The second kappa shape index (κ2) is 23.0. The number of hydrogen-bond acceptors (Lipinski definition) is 11. The van der Waals surface area contributed by atoms with Crippen LogP contribution in [0.1, 0.15) is 89.1 Å². The van der Waals surface area contributed by atoms with Gasteiger partial charge in [0.15, 0.2) is 5.82 Å². The lowest BCUT2D eigenvalue weighted by Crippen LogP contribution is -2.10. The van der Waals surface area contributed by atoms with Crippen LogP contribution in [0, 0.1) is 0 Å². The van der Waals surface area contributed by atoms with Crippen molar-refractivity contribution in [2.75, 3.05) is 11.1 Å². The summed E-state index contributed by atoms with van der Waals surface area (Å²) in [4.78, 5) is 45.4. The summed E-state index contributed by atoms with van der Waals surface area (Å²) in [7, 11) is 0. The number of nitrogen functional groups attached to an aromatic ring is 1. The highest BCUT2D eigenvalue weighted by Crippen LogP contribution is 2.41. The number of carbonyl (C=O) groups is 3. The van der Waals surface area contributed by atoms with Gasteiger partial charge in [-0.3, -0.25) is 19.4 Å². The van der Waals surface area contributed by atoms with Crippen LogP contribution in [0.15, 0.2) is 116 Å². The molecule has 0 fully saturated rings. The molecule has 1 atom stereocenters. The average molecular weight is 855 g/mol. The third kappa shape index (κ3) is 13.1. The van der Waals surface area contributed by atoms with Crippen molar-refractivity contribution < 1.29 is 39.2 Å². The van der Waals surface area contributed by atoms with Crippen molar-refractivity contribution >= 4 is 51.1 Å². The predicted molar refractivity (Wildman–Crippen MR) is 244 cm³/mol. The number of phenols is 2. The lowest BCUT2D eigenvalue weighted by molar-refractivity contribution is -0.137. The van der Waals surface area contributed by atoms with Gasteiger partial charge in [-0.25, -0.2) is 9.97 Å². The van der Waals surface area contributed by atoms with Gasteiger partial charge in [-0.2, -0.15) is 0 Å². The zero-order chi connectivity index (χ0) is 45.3. The van der Waals surface area contributed by atoms with Gasteiger partial charge >= 0.3 is 5.97 Å². The van der Waals surface area contributed by atoms with Crippen LogP contribution in [0.25, 0.3) is 27.6 Å². The van der Waals surface area contributed by atoms with Crippen molar-refractivity contribution in [2.24, 2.45) is 0 Å². The van der Waals surface area contributed by atoms with E-state index in [1.54, 1.807) is 36.5 Å². The molecule has 1 unspecified atom stereocenters. The molecule has 1 aliphatic heterocycles. The molecule has 0 saturated heterocycles. The topological polar surface area (TPSA) is 212 Å². The van der Waals surface area contributed by atoms with E-state index in [-0.39, 0.29) is 29.3 Å². The van der Waals surface area contributed by atoms with Crippen LogP contribution >= 0.6 is 0 Å². The largest absolute Gasteiger partial charge is 0.508 e. The monoisotopic (exact) mass is 854 g/mol. The fourth-order valence-corrected chi connectivity index (χ4v) is 6.79. The Kier molecular flexibility index (Phi) is 17.1. The van der Waals surface area contributed by atoms with Gasteiger partial charge in [-0.1, -0.05) is 57.2 Å². The number of ether oxygens (including phenoxy) is 2. The molecule has 0 saturated carbocycles. The SMILES string of the molecule is CCCC(=O)Cc1cccc(O)c1.CCCC(=O)Nc1cccc(Oc2ccc(-n3c4c(c5ncnc(N)c53)C(C)OC4)cc2)c1.CCCC(=O)O.Oc1cccc2cccnc12. The standard InChI is InChI=1S/C25H25N5O3.C11H14O2.C9H7NO.C4H8O2/c1-3-5-21(31)29-16-6-4-7-19(12-16)33-18-10-8-17(9-11-18)30-20-13-32-15(2)22(20)23-24(30)25(26)28-14-27-23;1-2-4-10(12)7-9-5-3-6-11(13)8-9;11-8-5-1-3-7-4-2-6-10-9(7)8;1-2-3-4(5)6/h4,6-12,14-15H,3,5,13H2,1-2H3,(H,29,31)(H2,26,27,28);3,5-6,8,13H,2,4,7H2,1H3;1-6,11H;2-3H2,1H3,(H,5,6). The number of anilines is 2. The first-order valence-corrected chi connectivity index (χ1v) is 20.9. The van der Waals surface area contributed by atoms with Gasteiger partial charge in [0.25, 0.3) is 0 Å². The molecule has 7 aromatic rings. The van der Waals surface area contributed by atoms with Crippen molar-refractivity contribution in [3.05, 3.63) is 132 Å². The van der Waals surface area contributed by atoms with Gasteiger partial charge in [0, 0.05) is 60.3 Å². The number of carboxylic acids is 1. The number of carbonyl (C=O) groups excluding carboxylic acids is 2. The predicted octanol–water partition coefficient (Wildman–Crippen LogP) is 10.2. The number of aromatic hydroxyl groups is 2. The number of para-hydroxylation sites is 1. The third-order valence-corrected chi connectivity index (χ3v) is 9.63. The zero-order valence-corrected chi connectivity index (χ0v) is 36.0. The number of carboxylic acid groups (broad SMARTS) is 1. The van der Waals surface area contributed by atoms with Crippen molar-refractivity contribution in [3.63, 3.8) is 0 Å². The maximum atomic E-state index is 11.9. The molecule has 3 aromatic heterocycles. The van der Waals surface area contributed by atoms with Crippen LogP contribution in [0.4, 0.5) is 11.5 Å². The lowest BCUT2D eigenvalue weighted by Gasteiger charge is -2.12. The molecular weight excluding hydrogens is 801 g/mol. The van der Waals surface area contributed by atoms with Gasteiger partial charge in [-0.15, -0.1) is 0 Å². The van der Waals surface area contributed by atoms with Crippen LogP contribution < -0.4 is 15.8 Å². The fourth-order valence-electron chi connectivity index (χ4n) is 6.79. The smallest absolute Gasteiger partial charge is 0.303 e. The number of Topliss-reactive ketones (excluding diaryl/α,β-unsaturated/α-hetero) is 1. The van der Waals surface area contributed by atoms with E-state index in [9.17, 15) is 19.5 Å². The number of ketones is 1. The minimum absolute atomic E-state index is 0.00738. The van der Waals surface area contributed by atoms with Crippen molar-refractivity contribution in [1.29, 1.82) is 0 Å². The van der Waals surface area contributed by atoms with Gasteiger partial charge < -0.3 is 40.4 Å². The van der Waals surface area contributed by atoms with Gasteiger partial charge in [0.05, 0.1) is 18.4 Å². The summed E-state index contributed by atoms with van der Waals surface area (Å²) >= 11 is 0. The van der Waals surface area contributed by atoms with Gasteiger partial charge in [0.2, 0.25) is 5.91 Å². The summed E-state index contributed by atoms with van der Waals surface area (Å²) in [6.07, 6.45) is 7.36. The first-order valence-electron chi connectivity index (χ1n) is 20.9. The Hall–Kier alpha value is -7.32. The Morgan fingerprint density at radius 3 is 2.21 bits per heavy atom. The van der Waals surface area contributed by atoms with Crippen LogP contribution in [0.5, 0.6) is 23.0 Å². The molecule has 328 valence electrons. The van der Waals surface area contributed by atoms with Crippen molar-refractivity contribution in [1.82, 2.24) is 19.5 Å². The highest BCUT2D eigenvalue weighted by Gasteiger charge is 2.30. The van der Waals surface area contributed by atoms with E-state index in [4.69, 9.17) is 25.4 Å². The maximum absolute atomic E-state index is 11.9. The van der Waals surface area contributed by atoms with Crippen LogP contribution in [-0.2, 0) is 32.1 Å². The zero-order valence-electron chi connectivity index (χ0n) is 36.0. The van der Waals surface area contributed by atoms with E-state index in [0.29, 0.717) is 60.8 Å². The molecule has 1 amide bonds. The normalized spacial score (nSPS) is 12.4. The minimum atomic E-state index is -0.711. The quantitative estimate of drug-likeness (QED) is 0.0777. The number of hydrogen-bond donors (Lipinski definition) is 5. The maximum Gasteiger partial charge on any atom is 0.303 e. The van der Waals surface area contributed by atoms with E-state index < -0.39 is 5.97 Å². The van der Waals surface area contributed by atoms with E-state index in [2.05, 4.69) is 24.8 Å². The number of nitrogens with two attached hydrogens (primary N) is 1. The Morgan fingerprint density at radius 1 is 0.810 bits per heavy atom. The lowest BCUT2D eigenvalue weighted by atomic mass is 10.1. The molecule has 0 radical (unpaired) electrons. The van der Waals surface area contributed by atoms with Gasteiger partial charge in [-0.05, 0) is 92.4 Å². The number of nitrogens with one attached hydrogen (secondary N) is 1. The van der Waals surface area contributed by atoms with Crippen molar-refractivity contribution in [3.8, 4) is 28.7 Å². The Morgan fingerprint density at radius 2 is 1.52 bits per heavy atom. The number of fused-ring (bicyclic) bond motifs is 4. The van der Waals surface area contributed by atoms with Crippen molar-refractivity contribution in [2.45, 2.75) is 85.4 Å². The fraction of sp³-hybridized carbons (Fsp3) is 0.265. The summed E-state index contributed by atoms with van der Waals surface area (Å²) in [5.74, 6) is 1.73. The molecule has 0 aliphatic carbocycles. The Bertz CT molecular complexity index is 2620. The molecule has 14 heteroatoms. The van der Waals surface area contributed by atoms with E-state index in [0.717, 1.165) is 58.2 Å². The van der Waals surface area contributed by atoms with E-state index >= 15 is 0 Å². The van der Waals surface area contributed by atoms with Crippen LogP contribution in [-0.4, -0.2) is 52.5 Å². The summed E-state index contributed by atoms with van der Waals surface area (Å²) in [5, 5.41) is 30.2. The summed E-state index contributed by atoms with van der Waals surface area (Å²) in [6.45, 7) is 8.31. The Balaban J connectivity index is 0.000000202. The molecule has 0 bridgehead atoms. The third-order valence-electron chi connectivity index (χ3n) is 9.63. The number of benzene rings is 4. The average Bonchev–Trinajstić information content (AvgIpc) is 3.80. The minimum Gasteiger partial charge on any atom is -0.508 e. The second-order valence-electron chi connectivity index (χ2n) is 14.7.